The monoisotopic (exact) mass is 236 g/mol. The first-order valence-electron chi connectivity index (χ1n) is 5.39. The van der Waals surface area contributed by atoms with Crippen molar-refractivity contribution < 1.29 is 14.7 Å². The SMILES string of the molecule is CCNC(=O)CNC(=O)c1ccc(O)cc1C. The second kappa shape index (κ2) is 5.89. The molecule has 0 bridgehead atoms. The highest BCUT2D eigenvalue weighted by Crippen LogP contribution is 2.15. The summed E-state index contributed by atoms with van der Waals surface area (Å²) in [7, 11) is 0. The van der Waals surface area contributed by atoms with Gasteiger partial charge in [-0.3, -0.25) is 9.59 Å². The lowest BCUT2D eigenvalue weighted by Crippen LogP contribution is -2.36. The lowest BCUT2D eigenvalue weighted by Gasteiger charge is -2.07. The number of aromatic hydroxyl groups is 1. The van der Waals surface area contributed by atoms with E-state index in [1.807, 2.05) is 6.92 Å². The second-order valence-corrected chi connectivity index (χ2v) is 3.64. The van der Waals surface area contributed by atoms with Crippen LogP contribution in [0.2, 0.25) is 0 Å². The van der Waals surface area contributed by atoms with E-state index < -0.39 is 0 Å². The van der Waals surface area contributed by atoms with Crippen LogP contribution in [0.15, 0.2) is 18.2 Å². The summed E-state index contributed by atoms with van der Waals surface area (Å²) in [5.74, 6) is -0.436. The van der Waals surface area contributed by atoms with Crippen LogP contribution < -0.4 is 10.6 Å². The molecule has 5 nitrogen and oxygen atoms in total. The van der Waals surface area contributed by atoms with Gasteiger partial charge in [0.25, 0.3) is 5.91 Å². The predicted octanol–water partition coefficient (Wildman–Crippen LogP) is 0.567. The molecule has 0 heterocycles. The molecule has 0 spiro atoms. The zero-order chi connectivity index (χ0) is 12.8. The number of hydrogen-bond donors (Lipinski definition) is 3. The van der Waals surface area contributed by atoms with Gasteiger partial charge >= 0.3 is 0 Å². The minimum atomic E-state index is -0.325. The molecule has 3 N–H and O–H groups in total. The largest absolute Gasteiger partial charge is 0.508 e. The lowest BCUT2D eigenvalue weighted by molar-refractivity contribution is -0.120. The summed E-state index contributed by atoms with van der Waals surface area (Å²) in [6.45, 7) is 4.02. The molecule has 92 valence electrons. The Bertz CT molecular complexity index is 430. The summed E-state index contributed by atoms with van der Waals surface area (Å²) in [5.41, 5.74) is 1.12. The minimum Gasteiger partial charge on any atom is -0.508 e. The smallest absolute Gasteiger partial charge is 0.251 e. The maximum Gasteiger partial charge on any atom is 0.251 e. The number of phenols is 1. The molecular weight excluding hydrogens is 220 g/mol. The van der Waals surface area contributed by atoms with Crippen LogP contribution in [-0.2, 0) is 4.79 Å². The molecule has 0 aliphatic rings. The summed E-state index contributed by atoms with van der Waals surface area (Å²) >= 11 is 0. The van der Waals surface area contributed by atoms with Crippen molar-refractivity contribution in [3.05, 3.63) is 29.3 Å². The van der Waals surface area contributed by atoms with Gasteiger partial charge in [0.1, 0.15) is 5.75 Å². The first-order valence-corrected chi connectivity index (χ1v) is 5.39. The van der Waals surface area contributed by atoms with E-state index in [4.69, 9.17) is 0 Å². The van der Waals surface area contributed by atoms with Gasteiger partial charge in [0, 0.05) is 12.1 Å². The molecule has 0 saturated heterocycles. The average molecular weight is 236 g/mol. The molecule has 0 fully saturated rings. The number of aryl methyl sites for hydroxylation is 1. The number of phenolic OH excluding ortho intramolecular Hbond substituents is 1. The Hall–Kier alpha value is -2.04. The van der Waals surface area contributed by atoms with E-state index in [2.05, 4.69) is 10.6 Å². The van der Waals surface area contributed by atoms with Gasteiger partial charge in [-0.2, -0.15) is 0 Å². The summed E-state index contributed by atoms with van der Waals surface area (Å²) in [6, 6.07) is 4.47. The number of nitrogens with one attached hydrogen (secondary N) is 2. The highest BCUT2D eigenvalue weighted by Gasteiger charge is 2.10. The topological polar surface area (TPSA) is 78.4 Å². The third-order valence-electron chi connectivity index (χ3n) is 2.24. The summed E-state index contributed by atoms with van der Waals surface area (Å²) in [4.78, 5) is 22.9. The standard InChI is InChI=1S/C12H16N2O3/c1-3-13-11(16)7-14-12(17)10-5-4-9(15)6-8(10)2/h4-6,15H,3,7H2,1-2H3,(H,13,16)(H,14,17). The Morgan fingerprint density at radius 2 is 2.00 bits per heavy atom. The number of benzene rings is 1. The fraction of sp³-hybridized carbons (Fsp3) is 0.333. The van der Waals surface area contributed by atoms with E-state index in [1.165, 1.54) is 18.2 Å². The summed E-state index contributed by atoms with van der Waals surface area (Å²) < 4.78 is 0. The zero-order valence-electron chi connectivity index (χ0n) is 9.91. The van der Waals surface area contributed by atoms with Crippen LogP contribution in [-0.4, -0.2) is 30.0 Å². The van der Waals surface area contributed by atoms with Crippen molar-refractivity contribution >= 4 is 11.8 Å². The van der Waals surface area contributed by atoms with E-state index in [-0.39, 0.29) is 24.1 Å². The molecule has 1 aromatic carbocycles. The molecule has 2 amide bonds. The van der Waals surface area contributed by atoms with Crippen molar-refractivity contribution in [2.45, 2.75) is 13.8 Å². The Kier molecular flexibility index (Phi) is 4.51. The normalized spacial score (nSPS) is 9.76. The average Bonchev–Trinajstić information content (AvgIpc) is 2.26. The lowest BCUT2D eigenvalue weighted by atomic mass is 10.1. The van der Waals surface area contributed by atoms with Gasteiger partial charge < -0.3 is 15.7 Å². The van der Waals surface area contributed by atoms with Gasteiger partial charge in [0.05, 0.1) is 6.54 Å². The minimum absolute atomic E-state index is 0.0486. The van der Waals surface area contributed by atoms with Crippen LogP contribution in [0, 0.1) is 6.92 Å². The maximum atomic E-state index is 11.7. The van der Waals surface area contributed by atoms with E-state index >= 15 is 0 Å². The highest BCUT2D eigenvalue weighted by atomic mass is 16.3. The molecule has 0 saturated carbocycles. The third-order valence-corrected chi connectivity index (χ3v) is 2.24. The van der Waals surface area contributed by atoms with Crippen LogP contribution in [0.5, 0.6) is 5.75 Å². The molecule has 0 unspecified atom stereocenters. The first-order chi connectivity index (χ1) is 8.04. The van der Waals surface area contributed by atoms with Gasteiger partial charge in [-0.25, -0.2) is 0 Å². The van der Waals surface area contributed by atoms with Crippen LogP contribution in [0.25, 0.3) is 0 Å². The van der Waals surface area contributed by atoms with Crippen LogP contribution in [0.3, 0.4) is 0 Å². The summed E-state index contributed by atoms with van der Waals surface area (Å²) in [5, 5.41) is 14.3. The molecule has 0 radical (unpaired) electrons. The summed E-state index contributed by atoms with van der Waals surface area (Å²) in [6.07, 6.45) is 0. The first kappa shape index (κ1) is 13.0. The van der Waals surface area contributed by atoms with E-state index in [9.17, 15) is 14.7 Å². The van der Waals surface area contributed by atoms with E-state index in [0.29, 0.717) is 17.7 Å². The Morgan fingerprint density at radius 1 is 1.29 bits per heavy atom. The zero-order valence-corrected chi connectivity index (χ0v) is 9.91. The van der Waals surface area contributed by atoms with Crippen LogP contribution in [0.1, 0.15) is 22.8 Å². The van der Waals surface area contributed by atoms with Gasteiger partial charge in [-0.05, 0) is 37.6 Å². The molecule has 17 heavy (non-hydrogen) atoms. The van der Waals surface area contributed by atoms with E-state index in [1.54, 1.807) is 6.92 Å². The van der Waals surface area contributed by atoms with E-state index in [0.717, 1.165) is 0 Å². The Labute approximate surface area is 99.8 Å². The molecule has 0 aromatic heterocycles. The fourth-order valence-corrected chi connectivity index (χ4v) is 1.42. The molecule has 5 heteroatoms. The van der Waals surface area contributed by atoms with Crippen molar-refractivity contribution in [1.82, 2.24) is 10.6 Å². The number of carbonyl (C=O) groups excluding carboxylic acids is 2. The maximum absolute atomic E-state index is 11.7. The molecule has 1 rings (SSSR count). The van der Waals surface area contributed by atoms with Crippen LogP contribution in [0.4, 0.5) is 0 Å². The van der Waals surface area contributed by atoms with Crippen molar-refractivity contribution in [1.29, 1.82) is 0 Å². The Morgan fingerprint density at radius 3 is 2.59 bits per heavy atom. The van der Waals surface area contributed by atoms with Crippen molar-refractivity contribution in [2.24, 2.45) is 0 Å². The predicted molar refractivity (Wildman–Crippen MR) is 63.9 cm³/mol. The molecule has 0 aliphatic heterocycles. The molecule has 0 aliphatic carbocycles. The number of carbonyl (C=O) groups is 2. The number of hydrogen-bond acceptors (Lipinski definition) is 3. The van der Waals surface area contributed by atoms with Gasteiger partial charge in [-0.1, -0.05) is 0 Å². The van der Waals surface area contributed by atoms with Gasteiger partial charge in [0.2, 0.25) is 5.91 Å². The van der Waals surface area contributed by atoms with Gasteiger partial charge in [0.15, 0.2) is 0 Å². The number of rotatable bonds is 4. The Balaban J connectivity index is 2.61. The fourth-order valence-electron chi connectivity index (χ4n) is 1.42. The van der Waals surface area contributed by atoms with Gasteiger partial charge in [-0.15, -0.1) is 0 Å². The molecule has 1 aromatic rings. The second-order valence-electron chi connectivity index (χ2n) is 3.64. The quantitative estimate of drug-likeness (QED) is 0.715. The number of likely N-dealkylation sites (N-methyl/N-ethyl adjacent to an activating group) is 1. The molecule has 0 atom stereocenters. The van der Waals surface area contributed by atoms with Crippen molar-refractivity contribution in [2.75, 3.05) is 13.1 Å². The van der Waals surface area contributed by atoms with Crippen molar-refractivity contribution in [3.63, 3.8) is 0 Å². The number of amides is 2. The van der Waals surface area contributed by atoms with Crippen molar-refractivity contribution in [3.8, 4) is 5.75 Å². The van der Waals surface area contributed by atoms with Crippen LogP contribution >= 0.6 is 0 Å². The molecular formula is C12H16N2O3. The highest BCUT2D eigenvalue weighted by molar-refractivity contribution is 5.97. The third kappa shape index (κ3) is 3.79.